The second kappa shape index (κ2) is 4.27. The van der Waals surface area contributed by atoms with Gasteiger partial charge in [-0.2, -0.15) is 0 Å². The van der Waals surface area contributed by atoms with Gasteiger partial charge in [0.25, 0.3) is 0 Å². The molecular weight excluding hydrogens is 224 g/mol. The quantitative estimate of drug-likeness (QED) is 0.842. The van der Waals surface area contributed by atoms with Crippen LogP contribution in [0.3, 0.4) is 0 Å². The summed E-state index contributed by atoms with van der Waals surface area (Å²) in [6, 6.07) is 8.08. The lowest BCUT2D eigenvalue weighted by molar-refractivity contribution is 0.588. The average molecular weight is 238 g/mol. The van der Waals surface area contributed by atoms with Crippen LogP contribution in [0, 0.1) is 0 Å². The van der Waals surface area contributed by atoms with E-state index in [9.17, 15) is 8.42 Å². The number of sulfonamides is 1. The monoisotopic (exact) mass is 238 g/mol. The van der Waals surface area contributed by atoms with Crippen molar-refractivity contribution in [3.05, 3.63) is 36.0 Å². The molecule has 2 rings (SSSR count). The molecule has 86 valence electrons. The number of hydrogen-bond donors (Lipinski definition) is 2. The zero-order chi connectivity index (χ0) is 11.6. The number of nitrogens with one attached hydrogen (secondary N) is 2. The van der Waals surface area contributed by atoms with Crippen molar-refractivity contribution < 1.29 is 8.42 Å². The molecule has 16 heavy (non-hydrogen) atoms. The molecule has 0 fully saturated rings. The van der Waals surface area contributed by atoms with E-state index in [1.807, 2.05) is 24.4 Å². The van der Waals surface area contributed by atoms with Crippen LogP contribution in [-0.2, 0) is 16.4 Å². The first-order valence-corrected chi connectivity index (χ1v) is 6.94. The van der Waals surface area contributed by atoms with Gasteiger partial charge in [-0.15, -0.1) is 0 Å². The summed E-state index contributed by atoms with van der Waals surface area (Å²) in [7, 11) is -3.08. The number of hydrogen-bond acceptors (Lipinski definition) is 2. The summed E-state index contributed by atoms with van der Waals surface area (Å²) in [5, 5.41) is 1.15. The molecule has 0 radical (unpaired) electrons. The lowest BCUT2D eigenvalue weighted by Gasteiger charge is -2.02. The van der Waals surface area contributed by atoms with Crippen molar-refractivity contribution >= 4 is 20.9 Å². The molecular formula is C11H14N2O2S. The fourth-order valence-electron chi connectivity index (χ4n) is 1.64. The third-order valence-corrected chi connectivity index (χ3v) is 3.12. The van der Waals surface area contributed by atoms with Crippen LogP contribution < -0.4 is 4.72 Å². The largest absolute Gasteiger partial charge is 0.361 e. The van der Waals surface area contributed by atoms with Crippen LogP contribution >= 0.6 is 0 Å². The normalized spacial score (nSPS) is 12.1. The van der Waals surface area contributed by atoms with Gasteiger partial charge in [0, 0.05) is 18.3 Å². The van der Waals surface area contributed by atoms with Gasteiger partial charge in [-0.25, -0.2) is 13.1 Å². The van der Waals surface area contributed by atoms with Gasteiger partial charge in [0.2, 0.25) is 10.0 Å². The van der Waals surface area contributed by atoms with E-state index >= 15 is 0 Å². The average Bonchev–Trinajstić information content (AvgIpc) is 2.62. The van der Waals surface area contributed by atoms with Gasteiger partial charge < -0.3 is 4.98 Å². The van der Waals surface area contributed by atoms with E-state index < -0.39 is 10.0 Å². The molecule has 0 spiro atoms. The molecule has 0 saturated heterocycles. The number of benzene rings is 1. The van der Waals surface area contributed by atoms with Crippen LogP contribution in [0.15, 0.2) is 30.5 Å². The highest BCUT2D eigenvalue weighted by Crippen LogP contribution is 2.14. The number of rotatable bonds is 4. The van der Waals surface area contributed by atoms with Gasteiger partial charge in [-0.1, -0.05) is 6.07 Å². The molecule has 0 aliphatic carbocycles. The lowest BCUT2D eigenvalue weighted by atomic mass is 10.1. The summed E-state index contributed by atoms with van der Waals surface area (Å²) in [5.74, 6) is 0. The minimum Gasteiger partial charge on any atom is -0.361 e. The smallest absolute Gasteiger partial charge is 0.208 e. The van der Waals surface area contributed by atoms with Gasteiger partial charge in [0.15, 0.2) is 0 Å². The first-order chi connectivity index (χ1) is 7.54. The van der Waals surface area contributed by atoms with E-state index in [0.717, 1.165) is 16.5 Å². The number of aromatic amines is 1. The molecule has 0 unspecified atom stereocenters. The minimum atomic E-state index is -3.08. The highest BCUT2D eigenvalue weighted by atomic mass is 32.2. The third-order valence-electron chi connectivity index (χ3n) is 2.40. The van der Waals surface area contributed by atoms with Crippen molar-refractivity contribution in [2.45, 2.75) is 6.42 Å². The fraction of sp³-hybridized carbons (Fsp3) is 0.273. The van der Waals surface area contributed by atoms with E-state index in [1.165, 1.54) is 6.26 Å². The maximum Gasteiger partial charge on any atom is 0.208 e. The van der Waals surface area contributed by atoms with Crippen molar-refractivity contribution in [2.75, 3.05) is 12.8 Å². The predicted octanol–water partition coefficient (Wildman–Crippen LogP) is 1.26. The highest BCUT2D eigenvalue weighted by molar-refractivity contribution is 7.88. The molecule has 1 aromatic heterocycles. The molecule has 0 saturated carbocycles. The molecule has 0 atom stereocenters. The van der Waals surface area contributed by atoms with Gasteiger partial charge in [-0.3, -0.25) is 0 Å². The Kier molecular flexibility index (Phi) is 2.98. The Morgan fingerprint density at radius 2 is 2.12 bits per heavy atom. The maximum atomic E-state index is 10.9. The number of fused-ring (bicyclic) bond motifs is 1. The van der Waals surface area contributed by atoms with E-state index in [4.69, 9.17) is 0 Å². The second-order valence-electron chi connectivity index (χ2n) is 3.82. The highest BCUT2D eigenvalue weighted by Gasteiger charge is 2.01. The molecule has 5 heteroatoms. The Morgan fingerprint density at radius 3 is 2.88 bits per heavy atom. The fourth-order valence-corrected chi connectivity index (χ4v) is 2.11. The molecule has 1 aromatic carbocycles. The molecule has 0 amide bonds. The Morgan fingerprint density at radius 1 is 1.31 bits per heavy atom. The summed E-state index contributed by atoms with van der Waals surface area (Å²) in [6.07, 6.45) is 3.76. The minimum absolute atomic E-state index is 0.439. The van der Waals surface area contributed by atoms with Crippen molar-refractivity contribution in [1.29, 1.82) is 0 Å². The summed E-state index contributed by atoms with van der Waals surface area (Å²) in [6.45, 7) is 0.439. The SMILES string of the molecule is CS(=O)(=O)NCCc1ccc2[nH]ccc2c1. The summed E-state index contributed by atoms with van der Waals surface area (Å²) < 4.78 is 24.2. The topological polar surface area (TPSA) is 62.0 Å². The third kappa shape index (κ3) is 2.84. The van der Waals surface area contributed by atoms with Crippen LogP contribution in [0.4, 0.5) is 0 Å². The first kappa shape index (κ1) is 11.2. The van der Waals surface area contributed by atoms with Crippen molar-refractivity contribution in [3.8, 4) is 0 Å². The molecule has 4 nitrogen and oxygen atoms in total. The first-order valence-electron chi connectivity index (χ1n) is 5.05. The van der Waals surface area contributed by atoms with Crippen molar-refractivity contribution in [3.63, 3.8) is 0 Å². The van der Waals surface area contributed by atoms with Crippen molar-refractivity contribution in [2.24, 2.45) is 0 Å². The Labute approximate surface area is 94.7 Å². The summed E-state index contributed by atoms with van der Waals surface area (Å²) in [4.78, 5) is 3.12. The van der Waals surface area contributed by atoms with Crippen LogP contribution in [-0.4, -0.2) is 26.2 Å². The summed E-state index contributed by atoms with van der Waals surface area (Å²) >= 11 is 0. The van der Waals surface area contributed by atoms with E-state index in [0.29, 0.717) is 13.0 Å². The maximum absolute atomic E-state index is 10.9. The van der Waals surface area contributed by atoms with Gasteiger partial charge in [-0.05, 0) is 35.6 Å². The lowest BCUT2D eigenvalue weighted by Crippen LogP contribution is -2.24. The van der Waals surface area contributed by atoms with Crippen LogP contribution in [0.25, 0.3) is 10.9 Å². The van der Waals surface area contributed by atoms with E-state index in [1.54, 1.807) is 0 Å². The van der Waals surface area contributed by atoms with Crippen LogP contribution in [0.2, 0.25) is 0 Å². The van der Waals surface area contributed by atoms with Crippen LogP contribution in [0.5, 0.6) is 0 Å². The number of aromatic nitrogens is 1. The number of H-pyrrole nitrogens is 1. The summed E-state index contributed by atoms with van der Waals surface area (Å²) in [5.41, 5.74) is 2.23. The van der Waals surface area contributed by atoms with Gasteiger partial charge in [0.1, 0.15) is 0 Å². The Hall–Kier alpha value is -1.33. The predicted molar refractivity (Wildman–Crippen MR) is 64.8 cm³/mol. The van der Waals surface area contributed by atoms with E-state index in [-0.39, 0.29) is 0 Å². The zero-order valence-corrected chi connectivity index (χ0v) is 9.84. The Bertz CT molecular complexity index is 587. The molecule has 0 aliphatic heterocycles. The van der Waals surface area contributed by atoms with E-state index in [2.05, 4.69) is 15.8 Å². The van der Waals surface area contributed by atoms with Gasteiger partial charge >= 0.3 is 0 Å². The molecule has 2 N–H and O–H groups in total. The molecule has 2 aromatic rings. The zero-order valence-electron chi connectivity index (χ0n) is 9.03. The standard InChI is InChI=1S/C11H14N2O2S/c1-16(14,15)13-7-4-9-2-3-11-10(8-9)5-6-12-11/h2-3,5-6,8,12-13H,4,7H2,1H3. The van der Waals surface area contributed by atoms with Crippen molar-refractivity contribution in [1.82, 2.24) is 9.71 Å². The second-order valence-corrected chi connectivity index (χ2v) is 5.65. The Balaban J connectivity index is 2.04. The molecule has 0 aliphatic rings. The van der Waals surface area contributed by atoms with Crippen LogP contribution in [0.1, 0.15) is 5.56 Å². The molecule has 0 bridgehead atoms. The van der Waals surface area contributed by atoms with Gasteiger partial charge in [0.05, 0.1) is 6.26 Å². The molecule has 1 heterocycles.